The van der Waals surface area contributed by atoms with Gasteiger partial charge in [-0.15, -0.1) is 0 Å². The zero-order chi connectivity index (χ0) is 11.9. The van der Waals surface area contributed by atoms with E-state index in [1.54, 1.807) is 6.92 Å². The number of oxazole rings is 1. The Morgan fingerprint density at radius 2 is 2.12 bits per heavy atom. The predicted molar refractivity (Wildman–Crippen MR) is 58.9 cm³/mol. The minimum absolute atomic E-state index is 0.378. The van der Waals surface area contributed by atoms with E-state index in [0.29, 0.717) is 23.2 Å². The molecule has 6 nitrogen and oxygen atoms in total. The van der Waals surface area contributed by atoms with E-state index in [1.807, 2.05) is 0 Å². The Morgan fingerprint density at radius 3 is 2.76 bits per heavy atom. The van der Waals surface area contributed by atoms with Gasteiger partial charge in [-0.1, -0.05) is 18.0 Å². The van der Waals surface area contributed by atoms with Crippen LogP contribution in [0.4, 0.5) is 0 Å². The molecule has 3 rings (SSSR count). The van der Waals surface area contributed by atoms with Crippen LogP contribution in [0.25, 0.3) is 11.6 Å². The quantitative estimate of drug-likeness (QED) is 0.851. The van der Waals surface area contributed by atoms with Crippen LogP contribution in [0.5, 0.6) is 0 Å². The number of nitrogens with two attached hydrogens (primary N) is 1. The second-order valence-corrected chi connectivity index (χ2v) is 4.54. The molecule has 0 saturated heterocycles. The van der Waals surface area contributed by atoms with Crippen molar-refractivity contribution in [2.75, 3.05) is 0 Å². The first-order valence-electron chi connectivity index (χ1n) is 5.72. The molecular formula is C11H14N4O2. The lowest BCUT2D eigenvalue weighted by Crippen LogP contribution is -2.34. The molecule has 0 spiro atoms. The first kappa shape index (κ1) is 10.5. The molecule has 0 radical (unpaired) electrons. The highest BCUT2D eigenvalue weighted by Gasteiger charge is 2.36. The van der Waals surface area contributed by atoms with Crippen LogP contribution in [0.15, 0.2) is 15.3 Å². The van der Waals surface area contributed by atoms with Gasteiger partial charge in [-0.3, -0.25) is 0 Å². The average Bonchev–Trinajstić information content (AvgIpc) is 2.97. The average molecular weight is 234 g/mol. The van der Waals surface area contributed by atoms with Crippen LogP contribution in [-0.4, -0.2) is 15.1 Å². The first-order valence-corrected chi connectivity index (χ1v) is 5.72. The number of hydrogen-bond acceptors (Lipinski definition) is 6. The minimum Gasteiger partial charge on any atom is -0.448 e. The molecule has 0 aliphatic heterocycles. The summed E-state index contributed by atoms with van der Waals surface area (Å²) in [4.78, 5) is 8.39. The molecule has 0 bridgehead atoms. The number of aromatic nitrogens is 3. The fraction of sp³-hybridized carbons (Fsp3) is 0.545. The Balaban J connectivity index is 1.96. The molecule has 17 heavy (non-hydrogen) atoms. The second-order valence-electron chi connectivity index (χ2n) is 4.54. The molecule has 0 amide bonds. The molecule has 0 unspecified atom stereocenters. The summed E-state index contributed by atoms with van der Waals surface area (Å²) < 4.78 is 10.3. The third kappa shape index (κ3) is 1.64. The molecule has 2 aromatic rings. The highest BCUT2D eigenvalue weighted by Crippen LogP contribution is 2.35. The molecule has 0 aromatic carbocycles. The van der Waals surface area contributed by atoms with Crippen LogP contribution in [0.1, 0.15) is 37.3 Å². The fourth-order valence-corrected chi connectivity index (χ4v) is 2.26. The molecular weight excluding hydrogens is 220 g/mol. The van der Waals surface area contributed by atoms with Gasteiger partial charge in [0.1, 0.15) is 5.76 Å². The standard InChI is InChI=1S/C11H14N4O2/c1-7-8(13-6-16-7)9-14-10(15-17-9)11(12)4-2-3-5-11/h6H,2-5,12H2,1H3. The van der Waals surface area contributed by atoms with Gasteiger partial charge in [0.05, 0.1) is 5.54 Å². The van der Waals surface area contributed by atoms with Gasteiger partial charge in [0, 0.05) is 0 Å². The summed E-state index contributed by atoms with van der Waals surface area (Å²) in [5.41, 5.74) is 6.41. The molecule has 2 heterocycles. The molecule has 1 saturated carbocycles. The van der Waals surface area contributed by atoms with Crippen LogP contribution >= 0.6 is 0 Å². The van der Waals surface area contributed by atoms with E-state index >= 15 is 0 Å². The van der Waals surface area contributed by atoms with Gasteiger partial charge in [-0.2, -0.15) is 4.98 Å². The monoisotopic (exact) mass is 234 g/mol. The maximum atomic E-state index is 6.26. The van der Waals surface area contributed by atoms with Crippen LogP contribution in [0, 0.1) is 6.92 Å². The van der Waals surface area contributed by atoms with Crippen molar-refractivity contribution in [2.45, 2.75) is 38.1 Å². The molecule has 1 aliphatic rings. The summed E-state index contributed by atoms with van der Waals surface area (Å²) in [5.74, 6) is 1.62. The lowest BCUT2D eigenvalue weighted by molar-refractivity contribution is 0.372. The minimum atomic E-state index is -0.431. The number of nitrogens with zero attached hydrogens (tertiary/aromatic N) is 3. The van der Waals surface area contributed by atoms with Crippen LogP contribution in [0.2, 0.25) is 0 Å². The SMILES string of the molecule is Cc1ocnc1-c1nc(C2(N)CCCC2)no1. The van der Waals surface area contributed by atoms with Crippen molar-refractivity contribution in [1.82, 2.24) is 15.1 Å². The van der Waals surface area contributed by atoms with Gasteiger partial charge in [0.2, 0.25) is 0 Å². The van der Waals surface area contributed by atoms with E-state index in [4.69, 9.17) is 14.7 Å². The molecule has 2 N–H and O–H groups in total. The lowest BCUT2D eigenvalue weighted by Gasteiger charge is -2.17. The Bertz CT molecular complexity index is 525. The smallest absolute Gasteiger partial charge is 0.280 e. The van der Waals surface area contributed by atoms with E-state index in [9.17, 15) is 0 Å². The van der Waals surface area contributed by atoms with Crippen LogP contribution in [-0.2, 0) is 5.54 Å². The maximum absolute atomic E-state index is 6.26. The molecule has 90 valence electrons. The zero-order valence-corrected chi connectivity index (χ0v) is 9.64. The topological polar surface area (TPSA) is 91.0 Å². The summed E-state index contributed by atoms with van der Waals surface area (Å²) in [7, 11) is 0. The fourth-order valence-electron chi connectivity index (χ4n) is 2.26. The molecule has 0 atom stereocenters. The lowest BCUT2D eigenvalue weighted by atomic mass is 9.99. The Labute approximate surface area is 98.2 Å². The van der Waals surface area contributed by atoms with Gasteiger partial charge < -0.3 is 14.7 Å². The third-order valence-electron chi connectivity index (χ3n) is 3.31. The van der Waals surface area contributed by atoms with E-state index in [-0.39, 0.29) is 0 Å². The molecule has 1 fully saturated rings. The Hall–Kier alpha value is -1.69. The van der Waals surface area contributed by atoms with E-state index in [1.165, 1.54) is 6.39 Å². The van der Waals surface area contributed by atoms with Crippen LogP contribution < -0.4 is 5.73 Å². The number of aryl methyl sites for hydroxylation is 1. The van der Waals surface area contributed by atoms with Gasteiger partial charge in [-0.25, -0.2) is 4.98 Å². The van der Waals surface area contributed by atoms with Crippen molar-refractivity contribution >= 4 is 0 Å². The summed E-state index contributed by atoms with van der Waals surface area (Å²) in [6.45, 7) is 1.81. The van der Waals surface area contributed by atoms with E-state index in [0.717, 1.165) is 25.7 Å². The van der Waals surface area contributed by atoms with Gasteiger partial charge >= 0.3 is 0 Å². The molecule has 1 aliphatic carbocycles. The molecule has 6 heteroatoms. The summed E-state index contributed by atoms with van der Waals surface area (Å²) >= 11 is 0. The summed E-state index contributed by atoms with van der Waals surface area (Å²) in [5, 5.41) is 3.97. The van der Waals surface area contributed by atoms with Crippen LogP contribution in [0.3, 0.4) is 0 Å². The van der Waals surface area contributed by atoms with E-state index in [2.05, 4.69) is 15.1 Å². The van der Waals surface area contributed by atoms with Crippen molar-refractivity contribution in [1.29, 1.82) is 0 Å². The Morgan fingerprint density at radius 1 is 1.35 bits per heavy atom. The van der Waals surface area contributed by atoms with Gasteiger partial charge in [0.15, 0.2) is 17.9 Å². The maximum Gasteiger partial charge on any atom is 0.280 e. The molecule has 2 aromatic heterocycles. The zero-order valence-electron chi connectivity index (χ0n) is 9.64. The van der Waals surface area contributed by atoms with E-state index < -0.39 is 5.54 Å². The highest BCUT2D eigenvalue weighted by molar-refractivity contribution is 5.48. The summed E-state index contributed by atoms with van der Waals surface area (Å²) in [6.07, 6.45) is 5.41. The second kappa shape index (κ2) is 3.66. The Kier molecular flexibility index (Phi) is 2.25. The number of hydrogen-bond donors (Lipinski definition) is 1. The van der Waals surface area contributed by atoms with Crippen molar-refractivity contribution in [3.63, 3.8) is 0 Å². The third-order valence-corrected chi connectivity index (χ3v) is 3.31. The van der Waals surface area contributed by atoms with Gasteiger partial charge in [-0.05, 0) is 19.8 Å². The van der Waals surface area contributed by atoms with Crippen molar-refractivity contribution in [3.05, 3.63) is 18.0 Å². The normalized spacial score (nSPS) is 18.7. The predicted octanol–water partition coefficient (Wildman–Crippen LogP) is 1.76. The largest absolute Gasteiger partial charge is 0.448 e. The summed E-state index contributed by atoms with van der Waals surface area (Å²) in [6, 6.07) is 0. The first-order chi connectivity index (χ1) is 8.19. The van der Waals surface area contributed by atoms with Crippen molar-refractivity contribution in [3.8, 4) is 11.6 Å². The van der Waals surface area contributed by atoms with Crippen molar-refractivity contribution < 1.29 is 8.94 Å². The number of rotatable bonds is 2. The highest BCUT2D eigenvalue weighted by atomic mass is 16.5. The van der Waals surface area contributed by atoms with Gasteiger partial charge in [0.25, 0.3) is 5.89 Å². The van der Waals surface area contributed by atoms with Crippen molar-refractivity contribution in [2.24, 2.45) is 5.73 Å².